The summed E-state index contributed by atoms with van der Waals surface area (Å²) in [4.78, 5) is 21.0. The lowest BCUT2D eigenvalue weighted by Gasteiger charge is -2.34. The summed E-state index contributed by atoms with van der Waals surface area (Å²) in [6, 6.07) is 7.90. The van der Waals surface area contributed by atoms with Crippen LogP contribution < -0.4 is 16.2 Å². The van der Waals surface area contributed by atoms with E-state index < -0.39 is 0 Å². The Morgan fingerprint density at radius 3 is 2.64 bits per heavy atom. The van der Waals surface area contributed by atoms with E-state index in [1.165, 1.54) is 0 Å². The number of urea groups is 1. The predicted molar refractivity (Wildman–Crippen MR) is 110 cm³/mol. The summed E-state index contributed by atoms with van der Waals surface area (Å²) in [5.41, 5.74) is 14.9. The van der Waals surface area contributed by atoms with Gasteiger partial charge in [-0.1, -0.05) is 13.0 Å². The summed E-state index contributed by atoms with van der Waals surface area (Å²) in [6.07, 6.45) is 3.85. The quantitative estimate of drug-likeness (QED) is 0.791. The highest BCUT2D eigenvalue weighted by atomic mass is 16.5. The maximum atomic E-state index is 13.0. The average molecular weight is 381 g/mol. The standard InChI is InChI=1S/C21H27N5O2/c1-14-4-6-25(7-5-14)21(27)26-8-9-28-19-3-2-15(10-17(19)13-26)16-11-18(22)20(23)24-12-16/h2-3,10-12,14H,4-9,13,22H2,1H3,(H2,23,24). The fraction of sp³-hybridized carbons (Fsp3) is 0.429. The molecule has 1 saturated heterocycles. The van der Waals surface area contributed by atoms with Gasteiger partial charge in [0.1, 0.15) is 18.2 Å². The first-order chi connectivity index (χ1) is 13.5. The van der Waals surface area contributed by atoms with Crippen molar-refractivity contribution < 1.29 is 9.53 Å². The lowest BCUT2D eigenvalue weighted by molar-refractivity contribution is 0.129. The third-order valence-electron chi connectivity index (χ3n) is 5.65. The van der Waals surface area contributed by atoms with Crippen LogP contribution in [0.3, 0.4) is 0 Å². The highest BCUT2D eigenvalue weighted by Gasteiger charge is 2.27. The van der Waals surface area contributed by atoms with Crippen molar-refractivity contribution in [2.24, 2.45) is 5.92 Å². The largest absolute Gasteiger partial charge is 0.491 e. The average Bonchev–Trinajstić information content (AvgIpc) is 2.92. The summed E-state index contributed by atoms with van der Waals surface area (Å²) in [6.45, 7) is 5.54. The van der Waals surface area contributed by atoms with Gasteiger partial charge in [0.25, 0.3) is 0 Å². The normalized spacial score (nSPS) is 17.6. The van der Waals surface area contributed by atoms with Crippen LogP contribution >= 0.6 is 0 Å². The van der Waals surface area contributed by atoms with Crippen molar-refractivity contribution in [3.8, 4) is 16.9 Å². The maximum absolute atomic E-state index is 13.0. The van der Waals surface area contributed by atoms with Crippen LogP contribution in [-0.2, 0) is 6.54 Å². The molecule has 1 fully saturated rings. The minimum Gasteiger partial charge on any atom is -0.491 e. The first-order valence-electron chi connectivity index (χ1n) is 9.82. The van der Waals surface area contributed by atoms with Crippen LogP contribution in [0.25, 0.3) is 11.1 Å². The minimum absolute atomic E-state index is 0.104. The highest BCUT2D eigenvalue weighted by Crippen LogP contribution is 2.31. The van der Waals surface area contributed by atoms with Gasteiger partial charge in [0, 0.05) is 30.4 Å². The monoisotopic (exact) mass is 381 g/mol. The van der Waals surface area contributed by atoms with E-state index in [-0.39, 0.29) is 6.03 Å². The SMILES string of the molecule is CC1CCN(C(=O)N2CCOc3ccc(-c4cnc(N)c(N)c4)cc3C2)CC1. The third kappa shape index (κ3) is 3.69. The van der Waals surface area contributed by atoms with E-state index >= 15 is 0 Å². The van der Waals surface area contributed by atoms with Gasteiger partial charge in [-0.05, 0) is 42.5 Å². The number of aromatic nitrogens is 1. The summed E-state index contributed by atoms with van der Waals surface area (Å²) in [5.74, 6) is 1.85. The summed E-state index contributed by atoms with van der Waals surface area (Å²) < 4.78 is 5.89. The Morgan fingerprint density at radius 2 is 1.89 bits per heavy atom. The number of amides is 2. The molecule has 0 unspecified atom stereocenters. The Morgan fingerprint density at radius 1 is 1.11 bits per heavy atom. The first kappa shape index (κ1) is 18.4. The van der Waals surface area contributed by atoms with Gasteiger partial charge in [0.05, 0.1) is 18.8 Å². The van der Waals surface area contributed by atoms with E-state index in [1.807, 2.05) is 34.1 Å². The lowest BCUT2D eigenvalue weighted by atomic mass is 9.99. The van der Waals surface area contributed by atoms with Crippen LogP contribution in [0.5, 0.6) is 5.75 Å². The fourth-order valence-corrected chi connectivity index (χ4v) is 3.79. The zero-order valence-electron chi connectivity index (χ0n) is 16.2. The van der Waals surface area contributed by atoms with Gasteiger partial charge in [-0.2, -0.15) is 0 Å². The summed E-state index contributed by atoms with van der Waals surface area (Å²) >= 11 is 0. The molecule has 0 aliphatic carbocycles. The second-order valence-corrected chi connectivity index (χ2v) is 7.74. The Hall–Kier alpha value is -2.96. The smallest absolute Gasteiger partial charge is 0.320 e. The van der Waals surface area contributed by atoms with Crippen LogP contribution in [0.1, 0.15) is 25.3 Å². The number of carbonyl (C=O) groups excluding carboxylic acids is 1. The van der Waals surface area contributed by atoms with Gasteiger partial charge in [0.2, 0.25) is 0 Å². The van der Waals surface area contributed by atoms with Crippen molar-refractivity contribution in [1.29, 1.82) is 0 Å². The predicted octanol–water partition coefficient (Wildman–Crippen LogP) is 2.96. The topological polar surface area (TPSA) is 97.7 Å². The molecule has 2 aromatic rings. The number of anilines is 2. The van der Waals surface area contributed by atoms with Crippen LogP contribution in [0.4, 0.5) is 16.3 Å². The highest BCUT2D eigenvalue weighted by molar-refractivity contribution is 5.75. The number of pyridine rings is 1. The van der Waals surface area contributed by atoms with Crippen molar-refractivity contribution in [1.82, 2.24) is 14.8 Å². The minimum atomic E-state index is 0.104. The van der Waals surface area contributed by atoms with Crippen LogP contribution in [0.2, 0.25) is 0 Å². The number of hydrogen-bond acceptors (Lipinski definition) is 5. The van der Waals surface area contributed by atoms with Gasteiger partial charge in [-0.3, -0.25) is 0 Å². The van der Waals surface area contributed by atoms with Gasteiger partial charge >= 0.3 is 6.03 Å². The number of hydrogen-bond donors (Lipinski definition) is 2. The molecule has 2 amide bonds. The number of nitrogens with two attached hydrogens (primary N) is 2. The number of benzene rings is 1. The second-order valence-electron chi connectivity index (χ2n) is 7.74. The number of likely N-dealkylation sites (tertiary alicyclic amines) is 1. The second kappa shape index (κ2) is 7.58. The number of nitrogen functional groups attached to an aromatic ring is 2. The number of fused-ring (bicyclic) bond motifs is 1. The Kier molecular flexibility index (Phi) is 4.98. The molecule has 1 aromatic carbocycles. The van der Waals surface area contributed by atoms with E-state index in [9.17, 15) is 4.79 Å². The van der Waals surface area contributed by atoms with E-state index in [0.29, 0.717) is 37.1 Å². The number of nitrogens with zero attached hydrogens (tertiary/aromatic N) is 3. The Bertz CT molecular complexity index is 877. The molecular formula is C21H27N5O2. The molecule has 0 bridgehead atoms. The molecule has 3 heterocycles. The zero-order valence-corrected chi connectivity index (χ0v) is 16.2. The van der Waals surface area contributed by atoms with E-state index in [4.69, 9.17) is 16.2 Å². The number of ether oxygens (including phenoxy) is 1. The molecular weight excluding hydrogens is 354 g/mol. The molecule has 148 valence electrons. The van der Waals surface area contributed by atoms with Crippen LogP contribution in [0, 0.1) is 5.92 Å². The Labute approximate surface area is 165 Å². The molecule has 7 nitrogen and oxygen atoms in total. The van der Waals surface area contributed by atoms with E-state index in [2.05, 4.69) is 11.9 Å². The summed E-state index contributed by atoms with van der Waals surface area (Å²) in [7, 11) is 0. The third-order valence-corrected chi connectivity index (χ3v) is 5.65. The fourth-order valence-electron chi connectivity index (χ4n) is 3.79. The number of rotatable bonds is 1. The van der Waals surface area contributed by atoms with Gasteiger partial charge in [-0.15, -0.1) is 0 Å². The van der Waals surface area contributed by atoms with E-state index in [1.54, 1.807) is 6.20 Å². The molecule has 0 saturated carbocycles. The Balaban J connectivity index is 1.56. The van der Waals surface area contributed by atoms with Crippen molar-refractivity contribution in [3.05, 3.63) is 36.0 Å². The molecule has 2 aliphatic rings. The lowest BCUT2D eigenvalue weighted by Crippen LogP contribution is -2.46. The molecule has 0 atom stereocenters. The molecule has 4 N–H and O–H groups in total. The molecule has 7 heteroatoms. The molecule has 1 aromatic heterocycles. The maximum Gasteiger partial charge on any atom is 0.320 e. The number of carbonyl (C=O) groups is 1. The van der Waals surface area contributed by atoms with Crippen molar-refractivity contribution >= 4 is 17.5 Å². The van der Waals surface area contributed by atoms with Gasteiger partial charge in [-0.25, -0.2) is 9.78 Å². The van der Waals surface area contributed by atoms with E-state index in [0.717, 1.165) is 48.4 Å². The van der Waals surface area contributed by atoms with Crippen molar-refractivity contribution in [2.45, 2.75) is 26.3 Å². The van der Waals surface area contributed by atoms with Gasteiger partial charge in [0.15, 0.2) is 0 Å². The molecule has 4 rings (SSSR count). The van der Waals surface area contributed by atoms with Crippen molar-refractivity contribution in [2.75, 3.05) is 37.7 Å². The van der Waals surface area contributed by atoms with Crippen molar-refractivity contribution in [3.63, 3.8) is 0 Å². The zero-order chi connectivity index (χ0) is 19.7. The van der Waals surface area contributed by atoms with Crippen LogP contribution in [-0.4, -0.2) is 47.1 Å². The molecule has 0 radical (unpaired) electrons. The summed E-state index contributed by atoms with van der Waals surface area (Å²) in [5, 5.41) is 0. The first-order valence-corrected chi connectivity index (χ1v) is 9.82. The number of piperidine rings is 1. The molecule has 2 aliphatic heterocycles. The molecule has 28 heavy (non-hydrogen) atoms. The van der Waals surface area contributed by atoms with Crippen LogP contribution in [0.15, 0.2) is 30.5 Å². The molecule has 0 spiro atoms. The van der Waals surface area contributed by atoms with Gasteiger partial charge < -0.3 is 26.0 Å².